The molecule has 1 aliphatic rings. The van der Waals surface area contributed by atoms with Gasteiger partial charge in [-0.1, -0.05) is 0 Å². The minimum absolute atomic E-state index is 0.0943. The van der Waals surface area contributed by atoms with Gasteiger partial charge in [-0.2, -0.15) is 0 Å². The van der Waals surface area contributed by atoms with Crippen LogP contribution in [0, 0.1) is 0 Å². The summed E-state index contributed by atoms with van der Waals surface area (Å²) in [6.07, 6.45) is 1.26. The largest absolute Gasteiger partial charge is 0.497 e. The number of nitrogens with zero attached hydrogens (tertiary/aromatic N) is 2. The second kappa shape index (κ2) is 6.57. The molecule has 1 aromatic carbocycles. The van der Waals surface area contributed by atoms with Gasteiger partial charge in [0.2, 0.25) is 11.8 Å². The molecule has 0 radical (unpaired) electrons. The highest BCUT2D eigenvalue weighted by Gasteiger charge is 2.26. The molecule has 3 rings (SSSR count). The average Bonchev–Trinajstić information content (AvgIpc) is 2.75. The predicted octanol–water partition coefficient (Wildman–Crippen LogP) is 2.59. The van der Waals surface area contributed by atoms with E-state index in [-0.39, 0.29) is 25.3 Å². The lowest BCUT2D eigenvalue weighted by Gasteiger charge is -2.21. The van der Waals surface area contributed by atoms with Crippen molar-refractivity contribution in [2.24, 2.45) is 0 Å². The quantitative estimate of drug-likeness (QED) is 0.928. The number of amides is 1. The second-order valence-corrected chi connectivity index (χ2v) is 5.28. The van der Waals surface area contributed by atoms with E-state index in [1.54, 1.807) is 43.6 Å². The van der Waals surface area contributed by atoms with Gasteiger partial charge in [0.1, 0.15) is 17.2 Å². The average molecular weight is 328 g/mol. The number of carboxylic acid groups (broad SMARTS) is 1. The van der Waals surface area contributed by atoms with E-state index in [2.05, 4.69) is 4.98 Å². The highest BCUT2D eigenvalue weighted by Crippen LogP contribution is 2.38. The Balaban J connectivity index is 1.99. The van der Waals surface area contributed by atoms with E-state index in [9.17, 15) is 9.59 Å². The van der Waals surface area contributed by atoms with E-state index in [1.807, 2.05) is 0 Å². The van der Waals surface area contributed by atoms with Crippen molar-refractivity contribution < 1.29 is 24.2 Å². The molecule has 0 unspecified atom stereocenters. The van der Waals surface area contributed by atoms with Gasteiger partial charge in [-0.3, -0.25) is 9.59 Å². The van der Waals surface area contributed by atoms with E-state index in [1.165, 1.54) is 4.90 Å². The van der Waals surface area contributed by atoms with Gasteiger partial charge < -0.3 is 19.5 Å². The summed E-state index contributed by atoms with van der Waals surface area (Å²) < 4.78 is 11.1. The minimum atomic E-state index is -1.01. The first-order valence-corrected chi connectivity index (χ1v) is 7.40. The van der Waals surface area contributed by atoms with E-state index in [0.29, 0.717) is 23.1 Å². The van der Waals surface area contributed by atoms with Crippen LogP contribution in [0.3, 0.4) is 0 Å². The Kier molecular flexibility index (Phi) is 4.33. The van der Waals surface area contributed by atoms with Crippen molar-refractivity contribution in [1.29, 1.82) is 0 Å². The number of carbonyl (C=O) groups is 2. The number of carbonyl (C=O) groups excluding carboxylic acids is 1. The Morgan fingerprint density at radius 3 is 2.92 bits per heavy atom. The number of ether oxygens (including phenoxy) is 2. The van der Waals surface area contributed by atoms with Crippen LogP contribution in [-0.2, 0) is 16.1 Å². The zero-order valence-corrected chi connectivity index (χ0v) is 13.1. The number of aliphatic carboxylic acids is 1. The van der Waals surface area contributed by atoms with Gasteiger partial charge >= 0.3 is 5.97 Å². The van der Waals surface area contributed by atoms with Crippen LogP contribution in [0.1, 0.15) is 18.4 Å². The molecule has 0 atom stereocenters. The van der Waals surface area contributed by atoms with Crippen molar-refractivity contribution in [2.45, 2.75) is 19.4 Å². The number of anilines is 1. The van der Waals surface area contributed by atoms with Crippen LogP contribution in [0.25, 0.3) is 0 Å². The van der Waals surface area contributed by atoms with Gasteiger partial charge in [-0.05, 0) is 30.3 Å². The fourth-order valence-corrected chi connectivity index (χ4v) is 2.50. The van der Waals surface area contributed by atoms with Crippen LogP contribution in [0.15, 0.2) is 36.5 Å². The summed E-state index contributed by atoms with van der Waals surface area (Å²) in [6.45, 7) is 0.254. The van der Waals surface area contributed by atoms with Crippen molar-refractivity contribution in [3.05, 3.63) is 42.1 Å². The maximum Gasteiger partial charge on any atom is 0.303 e. The lowest BCUT2D eigenvalue weighted by Crippen LogP contribution is -2.30. The van der Waals surface area contributed by atoms with E-state index in [0.717, 1.165) is 5.56 Å². The van der Waals surface area contributed by atoms with Gasteiger partial charge in [0.15, 0.2) is 0 Å². The molecular weight excluding hydrogens is 312 g/mol. The number of pyridine rings is 1. The fourth-order valence-electron chi connectivity index (χ4n) is 2.50. The molecule has 1 aliphatic heterocycles. The zero-order chi connectivity index (χ0) is 17.1. The first-order valence-electron chi connectivity index (χ1n) is 7.40. The van der Waals surface area contributed by atoms with E-state index < -0.39 is 5.97 Å². The molecule has 0 fully saturated rings. The van der Waals surface area contributed by atoms with Gasteiger partial charge in [-0.15, -0.1) is 0 Å². The topological polar surface area (TPSA) is 89.0 Å². The molecule has 7 heteroatoms. The van der Waals surface area contributed by atoms with Crippen LogP contribution < -0.4 is 14.4 Å². The molecule has 2 aromatic rings. The number of methoxy groups -OCH3 is 1. The van der Waals surface area contributed by atoms with Gasteiger partial charge in [0.25, 0.3) is 0 Å². The zero-order valence-electron chi connectivity index (χ0n) is 13.1. The monoisotopic (exact) mass is 328 g/mol. The van der Waals surface area contributed by atoms with Gasteiger partial charge in [0, 0.05) is 18.2 Å². The lowest BCUT2D eigenvalue weighted by atomic mass is 10.1. The lowest BCUT2D eigenvalue weighted by molar-refractivity contribution is -0.138. The van der Waals surface area contributed by atoms with Crippen molar-refractivity contribution in [2.75, 3.05) is 12.0 Å². The number of fused-ring (bicyclic) bond motifs is 2. The van der Waals surface area contributed by atoms with Crippen molar-refractivity contribution >= 4 is 17.6 Å². The molecule has 1 aromatic heterocycles. The van der Waals surface area contributed by atoms with Crippen LogP contribution in [0.2, 0.25) is 0 Å². The number of carboxylic acids is 1. The molecule has 0 saturated heterocycles. The van der Waals surface area contributed by atoms with Crippen molar-refractivity contribution in [3.63, 3.8) is 0 Å². The smallest absolute Gasteiger partial charge is 0.303 e. The fraction of sp³-hybridized carbons (Fsp3) is 0.235. The highest BCUT2D eigenvalue weighted by atomic mass is 16.5. The molecule has 0 aliphatic carbocycles. The van der Waals surface area contributed by atoms with Crippen LogP contribution in [0.5, 0.6) is 17.4 Å². The van der Waals surface area contributed by atoms with E-state index >= 15 is 0 Å². The molecule has 24 heavy (non-hydrogen) atoms. The number of hydrogen-bond acceptors (Lipinski definition) is 5. The molecule has 7 nitrogen and oxygen atoms in total. The molecule has 1 N–H and O–H groups in total. The number of benzene rings is 1. The molecular formula is C17H16N2O5. The van der Waals surface area contributed by atoms with Crippen LogP contribution in [-0.4, -0.2) is 29.1 Å². The first kappa shape index (κ1) is 15.8. The molecule has 2 heterocycles. The molecule has 1 amide bonds. The summed E-state index contributed by atoms with van der Waals surface area (Å²) >= 11 is 0. The molecule has 0 bridgehead atoms. The van der Waals surface area contributed by atoms with Crippen molar-refractivity contribution in [3.8, 4) is 17.4 Å². The summed E-state index contributed by atoms with van der Waals surface area (Å²) in [5.74, 6) is 0.234. The third-order valence-corrected chi connectivity index (χ3v) is 3.70. The Morgan fingerprint density at radius 1 is 1.33 bits per heavy atom. The van der Waals surface area contributed by atoms with Crippen molar-refractivity contribution in [1.82, 2.24) is 4.98 Å². The summed E-state index contributed by atoms with van der Waals surface area (Å²) in [5, 5.41) is 8.81. The number of rotatable bonds is 4. The molecule has 124 valence electrons. The number of hydrogen-bond donors (Lipinski definition) is 1. The summed E-state index contributed by atoms with van der Waals surface area (Å²) in [7, 11) is 1.56. The van der Waals surface area contributed by atoms with Gasteiger partial charge in [-0.25, -0.2) is 4.98 Å². The summed E-state index contributed by atoms with van der Waals surface area (Å²) in [5.41, 5.74) is 1.28. The van der Waals surface area contributed by atoms with Gasteiger partial charge in [0.05, 0.1) is 20.1 Å². The normalized spacial score (nSPS) is 12.5. The third kappa shape index (κ3) is 3.15. The SMILES string of the molecule is COc1ccc2c(c1)CN(C(=O)CCC(=O)O)c1cccnc1O2. The third-order valence-electron chi connectivity index (χ3n) is 3.70. The standard InChI is InChI=1S/C17H16N2O5/c1-23-12-4-5-14-11(9-12)10-19(15(20)6-7-16(21)22)13-3-2-8-18-17(13)24-14/h2-5,8-9H,6-7,10H2,1H3,(H,21,22). The molecule has 0 saturated carbocycles. The summed E-state index contributed by atoms with van der Waals surface area (Å²) in [6, 6.07) is 8.75. The Morgan fingerprint density at radius 2 is 2.17 bits per heavy atom. The Bertz CT molecular complexity index is 790. The predicted molar refractivity (Wildman–Crippen MR) is 85.4 cm³/mol. The first-order chi connectivity index (χ1) is 11.6. The van der Waals surface area contributed by atoms with E-state index in [4.69, 9.17) is 14.6 Å². The maximum atomic E-state index is 12.5. The maximum absolute atomic E-state index is 12.5. The second-order valence-electron chi connectivity index (χ2n) is 5.28. The summed E-state index contributed by atoms with van der Waals surface area (Å²) in [4.78, 5) is 29.0. The highest BCUT2D eigenvalue weighted by molar-refractivity contribution is 5.96. The number of aromatic nitrogens is 1. The van der Waals surface area contributed by atoms with Crippen LogP contribution in [0.4, 0.5) is 5.69 Å². The minimum Gasteiger partial charge on any atom is -0.497 e. The Labute approximate surface area is 138 Å². The molecule has 0 spiro atoms. The Hall–Kier alpha value is -3.09. The van der Waals surface area contributed by atoms with Crippen LogP contribution >= 0.6 is 0 Å².